The third kappa shape index (κ3) is 2.04. The summed E-state index contributed by atoms with van der Waals surface area (Å²) in [6.07, 6.45) is 0. The van der Waals surface area contributed by atoms with Crippen LogP contribution in [0.25, 0.3) is 11.5 Å². The lowest BCUT2D eigenvalue weighted by Gasteiger charge is -2.05. The maximum Gasteiger partial charge on any atom is 0.261 e. The predicted molar refractivity (Wildman–Crippen MR) is 58.8 cm³/mol. The minimum absolute atomic E-state index is 0.264. The SMILES string of the molecule is CCOc1ccccc1-c1nc(CN)no1. The maximum atomic E-state index is 5.48. The monoisotopic (exact) mass is 219 g/mol. The van der Waals surface area contributed by atoms with Crippen molar-refractivity contribution >= 4 is 0 Å². The molecule has 0 amide bonds. The van der Waals surface area contributed by atoms with Crippen molar-refractivity contribution in [3.8, 4) is 17.2 Å². The lowest BCUT2D eigenvalue weighted by Crippen LogP contribution is -1.98. The van der Waals surface area contributed by atoms with Gasteiger partial charge in [-0.1, -0.05) is 17.3 Å². The van der Waals surface area contributed by atoms with Crippen molar-refractivity contribution in [2.45, 2.75) is 13.5 Å². The molecule has 0 saturated carbocycles. The number of nitrogens with two attached hydrogens (primary N) is 1. The molecule has 0 atom stereocenters. The second-order valence-electron chi connectivity index (χ2n) is 3.15. The van der Waals surface area contributed by atoms with E-state index in [0.29, 0.717) is 18.3 Å². The van der Waals surface area contributed by atoms with Gasteiger partial charge in [0.2, 0.25) is 0 Å². The van der Waals surface area contributed by atoms with Gasteiger partial charge in [-0.3, -0.25) is 0 Å². The van der Waals surface area contributed by atoms with Crippen LogP contribution in [0.2, 0.25) is 0 Å². The molecule has 16 heavy (non-hydrogen) atoms. The normalized spacial score (nSPS) is 10.4. The van der Waals surface area contributed by atoms with Gasteiger partial charge in [-0.05, 0) is 19.1 Å². The Bertz CT molecular complexity index is 468. The Labute approximate surface area is 93.2 Å². The van der Waals surface area contributed by atoms with Crippen molar-refractivity contribution in [1.82, 2.24) is 10.1 Å². The van der Waals surface area contributed by atoms with Crippen LogP contribution in [0.15, 0.2) is 28.8 Å². The third-order valence-corrected chi connectivity index (χ3v) is 2.07. The minimum atomic E-state index is 0.264. The van der Waals surface area contributed by atoms with E-state index in [1.807, 2.05) is 31.2 Å². The molecule has 0 spiro atoms. The second-order valence-corrected chi connectivity index (χ2v) is 3.15. The molecule has 1 aromatic carbocycles. The molecule has 5 nitrogen and oxygen atoms in total. The van der Waals surface area contributed by atoms with Gasteiger partial charge >= 0.3 is 0 Å². The number of para-hydroxylation sites is 1. The summed E-state index contributed by atoms with van der Waals surface area (Å²) in [6, 6.07) is 7.53. The topological polar surface area (TPSA) is 74.2 Å². The van der Waals surface area contributed by atoms with E-state index in [0.717, 1.165) is 11.3 Å². The third-order valence-electron chi connectivity index (χ3n) is 2.07. The van der Waals surface area contributed by atoms with Crippen LogP contribution in [-0.4, -0.2) is 16.7 Å². The van der Waals surface area contributed by atoms with Gasteiger partial charge in [0.25, 0.3) is 5.89 Å². The molecule has 0 radical (unpaired) electrons. The molecule has 2 aromatic rings. The first-order chi connectivity index (χ1) is 7.85. The zero-order valence-electron chi connectivity index (χ0n) is 9.01. The molecular weight excluding hydrogens is 206 g/mol. The molecule has 0 aliphatic rings. The zero-order valence-corrected chi connectivity index (χ0v) is 9.01. The minimum Gasteiger partial charge on any atom is -0.493 e. The Hall–Kier alpha value is -1.88. The fourth-order valence-corrected chi connectivity index (χ4v) is 1.37. The quantitative estimate of drug-likeness (QED) is 0.845. The molecule has 2 N–H and O–H groups in total. The first kappa shape index (κ1) is 10.6. The van der Waals surface area contributed by atoms with Crippen LogP contribution in [0.4, 0.5) is 0 Å². The zero-order chi connectivity index (χ0) is 11.4. The van der Waals surface area contributed by atoms with E-state index in [1.54, 1.807) is 0 Å². The van der Waals surface area contributed by atoms with Gasteiger partial charge in [-0.25, -0.2) is 0 Å². The van der Waals surface area contributed by atoms with Crippen LogP contribution in [0.5, 0.6) is 5.75 Å². The van der Waals surface area contributed by atoms with E-state index >= 15 is 0 Å². The first-order valence-electron chi connectivity index (χ1n) is 5.10. The fourth-order valence-electron chi connectivity index (χ4n) is 1.37. The highest BCUT2D eigenvalue weighted by Gasteiger charge is 2.12. The molecule has 0 unspecified atom stereocenters. The summed E-state index contributed by atoms with van der Waals surface area (Å²) >= 11 is 0. The largest absolute Gasteiger partial charge is 0.493 e. The summed E-state index contributed by atoms with van der Waals surface area (Å²) in [5, 5.41) is 3.75. The van der Waals surface area contributed by atoms with E-state index in [4.69, 9.17) is 15.0 Å². The highest BCUT2D eigenvalue weighted by Crippen LogP contribution is 2.28. The van der Waals surface area contributed by atoms with Crippen molar-refractivity contribution in [3.63, 3.8) is 0 Å². The fraction of sp³-hybridized carbons (Fsp3) is 0.273. The second kappa shape index (κ2) is 4.76. The number of rotatable bonds is 4. The summed E-state index contributed by atoms with van der Waals surface area (Å²) in [6.45, 7) is 2.78. The van der Waals surface area contributed by atoms with Gasteiger partial charge < -0.3 is 15.0 Å². The predicted octanol–water partition coefficient (Wildman–Crippen LogP) is 1.59. The van der Waals surface area contributed by atoms with Crippen LogP contribution in [0, 0.1) is 0 Å². The molecule has 1 aromatic heterocycles. The number of aromatic nitrogens is 2. The number of ether oxygens (including phenoxy) is 1. The average molecular weight is 219 g/mol. The Morgan fingerprint density at radius 1 is 1.38 bits per heavy atom. The van der Waals surface area contributed by atoms with Gasteiger partial charge in [0.05, 0.1) is 18.7 Å². The number of hydrogen-bond acceptors (Lipinski definition) is 5. The van der Waals surface area contributed by atoms with Crippen LogP contribution >= 0.6 is 0 Å². The van der Waals surface area contributed by atoms with Gasteiger partial charge in [0, 0.05) is 0 Å². The highest BCUT2D eigenvalue weighted by molar-refractivity contribution is 5.62. The molecule has 0 fully saturated rings. The Balaban J connectivity index is 2.38. The highest BCUT2D eigenvalue weighted by atomic mass is 16.5. The Morgan fingerprint density at radius 2 is 2.19 bits per heavy atom. The van der Waals surface area contributed by atoms with Crippen molar-refractivity contribution in [1.29, 1.82) is 0 Å². The number of benzene rings is 1. The summed E-state index contributed by atoms with van der Waals surface area (Å²) in [5.41, 5.74) is 6.21. The molecule has 2 rings (SSSR count). The van der Waals surface area contributed by atoms with E-state index < -0.39 is 0 Å². The molecule has 5 heteroatoms. The Morgan fingerprint density at radius 3 is 2.88 bits per heavy atom. The lowest BCUT2D eigenvalue weighted by atomic mass is 10.2. The molecule has 84 valence electrons. The van der Waals surface area contributed by atoms with Crippen LogP contribution in [-0.2, 0) is 6.54 Å². The average Bonchev–Trinajstić information content (AvgIpc) is 2.79. The number of hydrogen-bond donors (Lipinski definition) is 1. The van der Waals surface area contributed by atoms with Crippen molar-refractivity contribution in [2.75, 3.05) is 6.61 Å². The van der Waals surface area contributed by atoms with Crippen molar-refractivity contribution in [3.05, 3.63) is 30.1 Å². The summed E-state index contributed by atoms with van der Waals surface area (Å²) in [5.74, 6) is 1.66. The molecule has 0 bridgehead atoms. The number of nitrogens with zero attached hydrogens (tertiary/aromatic N) is 2. The van der Waals surface area contributed by atoms with Crippen molar-refractivity contribution < 1.29 is 9.26 Å². The van der Waals surface area contributed by atoms with Gasteiger partial charge in [-0.15, -0.1) is 0 Å². The van der Waals surface area contributed by atoms with Crippen LogP contribution in [0.1, 0.15) is 12.7 Å². The van der Waals surface area contributed by atoms with Gasteiger partial charge in [-0.2, -0.15) is 4.98 Å². The van der Waals surface area contributed by atoms with Gasteiger partial charge in [0.1, 0.15) is 5.75 Å². The molecule has 0 saturated heterocycles. The van der Waals surface area contributed by atoms with E-state index in [2.05, 4.69) is 10.1 Å². The molecule has 0 aliphatic heterocycles. The smallest absolute Gasteiger partial charge is 0.261 e. The summed E-state index contributed by atoms with van der Waals surface area (Å²) < 4.78 is 10.6. The standard InChI is InChI=1S/C11H13N3O2/c1-2-15-9-6-4-3-5-8(9)11-13-10(7-12)14-16-11/h3-6H,2,7,12H2,1H3. The maximum absolute atomic E-state index is 5.48. The first-order valence-corrected chi connectivity index (χ1v) is 5.10. The summed E-state index contributed by atoms with van der Waals surface area (Å²) in [7, 11) is 0. The Kier molecular flexibility index (Phi) is 3.16. The molecular formula is C11H13N3O2. The van der Waals surface area contributed by atoms with Gasteiger partial charge in [0.15, 0.2) is 5.82 Å². The van der Waals surface area contributed by atoms with E-state index in [9.17, 15) is 0 Å². The lowest BCUT2D eigenvalue weighted by molar-refractivity contribution is 0.339. The van der Waals surface area contributed by atoms with Crippen molar-refractivity contribution in [2.24, 2.45) is 5.73 Å². The van der Waals surface area contributed by atoms with E-state index in [-0.39, 0.29) is 6.54 Å². The molecule has 0 aliphatic carbocycles. The van der Waals surface area contributed by atoms with Crippen LogP contribution < -0.4 is 10.5 Å². The van der Waals surface area contributed by atoms with E-state index in [1.165, 1.54) is 0 Å². The summed E-state index contributed by atoms with van der Waals surface area (Å²) in [4.78, 5) is 4.16. The molecule has 1 heterocycles. The van der Waals surface area contributed by atoms with Crippen LogP contribution in [0.3, 0.4) is 0 Å².